The molecule has 1 aromatic rings. The molecule has 0 aliphatic carbocycles. The van der Waals surface area contributed by atoms with Crippen LogP contribution in [0.2, 0.25) is 0 Å². The smallest absolute Gasteiger partial charge is 0.330 e. The number of nitrogens with two attached hydrogens (primary N) is 1. The van der Waals surface area contributed by atoms with E-state index in [0.29, 0.717) is 6.54 Å². The van der Waals surface area contributed by atoms with E-state index in [9.17, 15) is 14.4 Å². The molecule has 0 radical (unpaired) electrons. The minimum Gasteiger partial charge on any atom is -0.383 e. The number of nitrogens with one attached hydrogen (secondary N) is 1. The number of allylic oxidation sites excluding steroid dienone is 3. The van der Waals surface area contributed by atoms with E-state index in [1.165, 1.54) is 22.7 Å². The van der Waals surface area contributed by atoms with Crippen molar-refractivity contribution in [1.82, 2.24) is 9.55 Å². The lowest BCUT2D eigenvalue weighted by Crippen LogP contribution is -2.42. The molecule has 8 heteroatoms. The Hall–Kier alpha value is -2.61. The zero-order chi connectivity index (χ0) is 19.0. The topological polar surface area (TPSA) is 110 Å². The van der Waals surface area contributed by atoms with Crippen molar-refractivity contribution in [3.8, 4) is 0 Å². The second kappa shape index (κ2) is 9.63. The molecule has 8 nitrogen and oxygen atoms in total. The number of anilines is 2. The third kappa shape index (κ3) is 5.46. The average molecular weight is 350 g/mol. The maximum absolute atomic E-state index is 12.5. The number of carbonyl (C=O) groups excluding carboxylic acids is 1. The predicted molar refractivity (Wildman–Crippen MR) is 98.8 cm³/mol. The fourth-order valence-corrected chi connectivity index (χ4v) is 2.24. The molecule has 0 aliphatic heterocycles. The number of amides is 1. The van der Waals surface area contributed by atoms with Gasteiger partial charge in [0.05, 0.1) is 6.61 Å². The molecule has 1 rings (SSSR count). The highest BCUT2D eigenvalue weighted by Gasteiger charge is 2.22. The average Bonchev–Trinajstić information content (AvgIpc) is 2.54. The zero-order valence-corrected chi connectivity index (χ0v) is 15.1. The van der Waals surface area contributed by atoms with E-state index < -0.39 is 17.2 Å². The Morgan fingerprint density at radius 1 is 1.36 bits per heavy atom. The molecule has 1 heterocycles. The summed E-state index contributed by atoms with van der Waals surface area (Å²) in [5, 5.41) is 0. The number of nitrogen functional groups attached to an aromatic ring is 1. The van der Waals surface area contributed by atoms with Gasteiger partial charge in [-0.05, 0) is 12.8 Å². The molecule has 0 unspecified atom stereocenters. The van der Waals surface area contributed by atoms with Crippen molar-refractivity contribution in [2.45, 2.75) is 27.3 Å². The molecule has 1 aromatic heterocycles. The van der Waals surface area contributed by atoms with E-state index in [4.69, 9.17) is 10.5 Å². The minimum absolute atomic E-state index is 0.0358. The molecule has 0 aliphatic rings. The summed E-state index contributed by atoms with van der Waals surface area (Å²) in [6.07, 6.45) is 6.36. The Kier molecular flexibility index (Phi) is 7.87. The van der Waals surface area contributed by atoms with Gasteiger partial charge in [-0.25, -0.2) is 4.79 Å². The molecule has 0 fully saturated rings. The van der Waals surface area contributed by atoms with Gasteiger partial charge < -0.3 is 10.5 Å². The van der Waals surface area contributed by atoms with Gasteiger partial charge in [-0.3, -0.25) is 24.0 Å². The van der Waals surface area contributed by atoms with Crippen molar-refractivity contribution in [1.29, 1.82) is 0 Å². The van der Waals surface area contributed by atoms with Crippen molar-refractivity contribution in [3.63, 3.8) is 0 Å². The molecule has 25 heavy (non-hydrogen) atoms. The number of carbonyl (C=O) groups is 1. The van der Waals surface area contributed by atoms with Crippen LogP contribution in [0, 0.1) is 5.92 Å². The molecule has 0 spiro atoms. The number of aromatic amines is 1. The number of rotatable bonds is 8. The van der Waals surface area contributed by atoms with Gasteiger partial charge in [0.2, 0.25) is 0 Å². The summed E-state index contributed by atoms with van der Waals surface area (Å²) in [4.78, 5) is 40.3. The second-order valence-electron chi connectivity index (χ2n) is 5.87. The summed E-state index contributed by atoms with van der Waals surface area (Å²) >= 11 is 0. The quantitative estimate of drug-likeness (QED) is 0.534. The first kappa shape index (κ1) is 20.4. The lowest BCUT2D eigenvalue weighted by molar-refractivity contribution is -0.114. The molecule has 0 aromatic carbocycles. The van der Waals surface area contributed by atoms with E-state index in [-0.39, 0.29) is 30.6 Å². The second-order valence-corrected chi connectivity index (χ2v) is 5.87. The number of ether oxygens (including phenoxy) is 1. The van der Waals surface area contributed by atoms with Gasteiger partial charge >= 0.3 is 5.69 Å². The highest BCUT2D eigenvalue weighted by atomic mass is 16.5. The van der Waals surface area contributed by atoms with Crippen LogP contribution in [-0.2, 0) is 16.1 Å². The van der Waals surface area contributed by atoms with E-state index in [1.54, 1.807) is 18.2 Å². The van der Waals surface area contributed by atoms with E-state index in [2.05, 4.69) is 4.98 Å². The summed E-state index contributed by atoms with van der Waals surface area (Å²) < 4.78 is 6.28. The first-order valence-electron chi connectivity index (χ1n) is 8.05. The van der Waals surface area contributed by atoms with E-state index in [1.807, 2.05) is 20.8 Å². The van der Waals surface area contributed by atoms with Crippen LogP contribution < -0.4 is 21.9 Å². The monoisotopic (exact) mass is 350 g/mol. The molecule has 3 N–H and O–H groups in total. The predicted octanol–water partition coefficient (Wildman–Crippen LogP) is 0.887. The Morgan fingerprint density at radius 3 is 2.60 bits per heavy atom. The Labute approximate surface area is 146 Å². The molecule has 0 saturated carbocycles. The van der Waals surface area contributed by atoms with Gasteiger partial charge in [-0.2, -0.15) is 0 Å². The van der Waals surface area contributed by atoms with Gasteiger partial charge in [0.15, 0.2) is 5.69 Å². The van der Waals surface area contributed by atoms with Crippen LogP contribution >= 0.6 is 0 Å². The van der Waals surface area contributed by atoms with Crippen molar-refractivity contribution < 1.29 is 9.53 Å². The molecule has 0 bridgehead atoms. The molecule has 138 valence electrons. The van der Waals surface area contributed by atoms with Gasteiger partial charge in [-0.1, -0.05) is 32.1 Å². The highest BCUT2D eigenvalue weighted by Crippen LogP contribution is 2.18. The standard InChI is InChI=1S/C17H26N4O4/c1-5-6-7-8-13(22)20(9-10-25-4)14-15(18)21(11-12(2)3)17(24)19-16(14)23/h5-8,12H,9-11,18H2,1-4H3,(H,19,23,24)/b6-5+,8-7+. The molecular formula is C17H26N4O4. The summed E-state index contributed by atoms with van der Waals surface area (Å²) in [6, 6.07) is 0. The van der Waals surface area contributed by atoms with Crippen LogP contribution in [0.1, 0.15) is 20.8 Å². The van der Waals surface area contributed by atoms with E-state index in [0.717, 1.165) is 0 Å². The third-order valence-corrected chi connectivity index (χ3v) is 3.36. The largest absolute Gasteiger partial charge is 0.383 e. The third-order valence-electron chi connectivity index (χ3n) is 3.36. The number of aromatic nitrogens is 2. The minimum atomic E-state index is -0.702. The van der Waals surface area contributed by atoms with E-state index >= 15 is 0 Å². The fourth-order valence-electron chi connectivity index (χ4n) is 2.24. The van der Waals surface area contributed by atoms with Crippen molar-refractivity contribution >= 4 is 17.4 Å². The first-order chi connectivity index (χ1) is 11.8. The molecule has 0 atom stereocenters. The van der Waals surface area contributed by atoms with Gasteiger partial charge in [-0.15, -0.1) is 0 Å². The summed E-state index contributed by atoms with van der Waals surface area (Å²) in [6.45, 7) is 6.33. The lowest BCUT2D eigenvalue weighted by atomic mass is 10.2. The van der Waals surface area contributed by atoms with Crippen LogP contribution in [0.15, 0.2) is 33.9 Å². The molecular weight excluding hydrogens is 324 g/mol. The van der Waals surface area contributed by atoms with Gasteiger partial charge in [0.25, 0.3) is 11.5 Å². The summed E-state index contributed by atoms with van der Waals surface area (Å²) in [5.41, 5.74) is 4.72. The lowest BCUT2D eigenvalue weighted by Gasteiger charge is -2.23. The fraction of sp³-hybridized carbons (Fsp3) is 0.471. The zero-order valence-electron chi connectivity index (χ0n) is 15.1. The first-order valence-corrected chi connectivity index (χ1v) is 8.05. The maximum Gasteiger partial charge on any atom is 0.330 e. The molecule has 1 amide bonds. The van der Waals surface area contributed by atoms with Crippen molar-refractivity contribution in [2.75, 3.05) is 30.9 Å². The van der Waals surface area contributed by atoms with Gasteiger partial charge in [0.1, 0.15) is 5.82 Å². The molecule has 0 saturated heterocycles. The number of hydrogen-bond donors (Lipinski definition) is 2. The highest BCUT2D eigenvalue weighted by molar-refractivity contribution is 6.03. The SMILES string of the molecule is C/C=C/C=C/C(=O)N(CCOC)c1c(N)n(CC(C)C)c(=O)[nH]c1=O. The van der Waals surface area contributed by atoms with Crippen LogP contribution in [0.4, 0.5) is 11.5 Å². The number of methoxy groups -OCH3 is 1. The Bertz CT molecular complexity index is 759. The summed E-state index contributed by atoms with van der Waals surface area (Å²) in [7, 11) is 1.49. The summed E-state index contributed by atoms with van der Waals surface area (Å²) in [5.74, 6) is -0.329. The normalized spacial score (nSPS) is 11.7. The van der Waals surface area contributed by atoms with Crippen LogP contribution in [0.3, 0.4) is 0 Å². The number of H-pyrrole nitrogens is 1. The van der Waals surface area contributed by atoms with Crippen LogP contribution in [0.25, 0.3) is 0 Å². The Morgan fingerprint density at radius 2 is 2.04 bits per heavy atom. The number of nitrogens with zero attached hydrogens (tertiary/aromatic N) is 2. The van der Waals surface area contributed by atoms with Gasteiger partial charge in [0, 0.05) is 26.3 Å². The maximum atomic E-state index is 12.5. The van der Waals surface area contributed by atoms with Crippen LogP contribution in [-0.4, -0.2) is 35.7 Å². The Balaban J connectivity index is 3.45. The van der Waals surface area contributed by atoms with Crippen LogP contribution in [0.5, 0.6) is 0 Å². The van der Waals surface area contributed by atoms with Crippen molar-refractivity contribution in [2.24, 2.45) is 5.92 Å². The van der Waals surface area contributed by atoms with Crippen molar-refractivity contribution in [3.05, 3.63) is 45.1 Å². The number of hydrogen-bond acceptors (Lipinski definition) is 5.